The molecule has 0 amide bonds. The van der Waals surface area contributed by atoms with Crippen LogP contribution in [0.4, 0.5) is 11.4 Å². The minimum absolute atomic E-state index is 0.188. The molecule has 8 heteroatoms. The highest BCUT2D eigenvalue weighted by molar-refractivity contribution is 8.15. The van der Waals surface area contributed by atoms with E-state index in [2.05, 4.69) is 14.9 Å². The summed E-state index contributed by atoms with van der Waals surface area (Å²) in [7, 11) is 0. The van der Waals surface area contributed by atoms with Gasteiger partial charge in [-0.2, -0.15) is 0 Å². The first-order valence-electron chi connectivity index (χ1n) is 8.16. The van der Waals surface area contributed by atoms with Gasteiger partial charge in [-0.3, -0.25) is 19.6 Å². The highest BCUT2D eigenvalue weighted by atomic mass is 32.2. The first-order chi connectivity index (χ1) is 12.2. The monoisotopic (exact) mass is 361 g/mol. The van der Waals surface area contributed by atoms with Crippen LogP contribution in [0.3, 0.4) is 0 Å². The van der Waals surface area contributed by atoms with Crippen molar-refractivity contribution < 1.29 is 19.1 Å². The van der Waals surface area contributed by atoms with Crippen molar-refractivity contribution in [3.8, 4) is 0 Å². The lowest BCUT2D eigenvalue weighted by Gasteiger charge is -2.12. The summed E-state index contributed by atoms with van der Waals surface area (Å²) in [5, 5.41) is 0.963. The number of benzene rings is 1. The Kier molecular flexibility index (Phi) is 5.37. The van der Waals surface area contributed by atoms with Gasteiger partial charge in [-0.25, -0.2) is 0 Å². The Morgan fingerprint density at radius 2 is 2.04 bits per heavy atom. The number of thioether (sulfide) groups is 1. The van der Waals surface area contributed by atoms with Gasteiger partial charge in [0, 0.05) is 12.8 Å². The number of hydrogen-bond acceptors (Lipinski definition) is 8. The molecule has 0 aliphatic carbocycles. The fourth-order valence-corrected chi connectivity index (χ4v) is 3.74. The third-order valence-electron chi connectivity index (χ3n) is 3.70. The number of carbonyl (C=O) groups excluding carboxylic acids is 2. The molecule has 0 radical (unpaired) electrons. The number of rotatable bonds is 6. The van der Waals surface area contributed by atoms with Crippen molar-refractivity contribution in [3.05, 3.63) is 18.2 Å². The van der Waals surface area contributed by atoms with E-state index in [1.165, 1.54) is 6.21 Å². The summed E-state index contributed by atoms with van der Waals surface area (Å²) in [6, 6.07) is 5.76. The molecule has 2 aliphatic rings. The van der Waals surface area contributed by atoms with Crippen LogP contribution in [-0.4, -0.2) is 49.6 Å². The minimum Gasteiger partial charge on any atom is -0.465 e. The van der Waals surface area contributed by atoms with Crippen LogP contribution < -0.4 is 4.90 Å². The Morgan fingerprint density at radius 3 is 2.72 bits per heavy atom. The van der Waals surface area contributed by atoms with Crippen molar-refractivity contribution in [2.75, 3.05) is 31.2 Å². The average Bonchev–Trinajstić information content (AvgIpc) is 3.17. The van der Waals surface area contributed by atoms with Gasteiger partial charge in [0.05, 0.1) is 36.0 Å². The number of carbonyl (C=O) groups is 2. The average molecular weight is 361 g/mol. The van der Waals surface area contributed by atoms with E-state index in [1.807, 2.05) is 18.2 Å². The summed E-state index contributed by atoms with van der Waals surface area (Å²) >= 11 is 1.55. The summed E-state index contributed by atoms with van der Waals surface area (Å²) in [5.74, 6) is -2.48. The Balaban J connectivity index is 1.85. The molecule has 0 bridgehead atoms. The fourth-order valence-electron chi connectivity index (χ4n) is 2.60. The van der Waals surface area contributed by atoms with Gasteiger partial charge < -0.3 is 14.4 Å². The van der Waals surface area contributed by atoms with Crippen molar-refractivity contribution >= 4 is 46.5 Å². The summed E-state index contributed by atoms with van der Waals surface area (Å²) in [5.41, 5.74) is 1.75. The van der Waals surface area contributed by atoms with Crippen LogP contribution in [0.1, 0.15) is 13.8 Å². The highest BCUT2D eigenvalue weighted by Gasteiger charge is 2.32. The molecule has 132 valence electrons. The van der Waals surface area contributed by atoms with Crippen molar-refractivity contribution in [2.45, 2.75) is 18.7 Å². The predicted octanol–water partition coefficient (Wildman–Crippen LogP) is 2.41. The lowest BCUT2D eigenvalue weighted by molar-refractivity contribution is -0.157. The van der Waals surface area contributed by atoms with Crippen LogP contribution in [0.5, 0.6) is 0 Å². The number of fused-ring (bicyclic) bond motifs is 3. The summed E-state index contributed by atoms with van der Waals surface area (Å²) < 4.78 is 9.90. The summed E-state index contributed by atoms with van der Waals surface area (Å²) in [4.78, 5) is 36.0. The van der Waals surface area contributed by atoms with Gasteiger partial charge in [0.1, 0.15) is 0 Å². The predicted molar refractivity (Wildman–Crippen MR) is 96.9 cm³/mol. The van der Waals surface area contributed by atoms with Gasteiger partial charge in [0.2, 0.25) is 0 Å². The quantitative estimate of drug-likeness (QED) is 0.440. The lowest BCUT2D eigenvalue weighted by Crippen LogP contribution is -2.29. The number of nitrogens with zero attached hydrogens (tertiary/aromatic N) is 3. The Bertz CT molecular complexity index is 729. The molecule has 2 aliphatic heterocycles. The standard InChI is InChI=1S/C17H19N3O4S/c1-3-23-15(21)11(16(22)24-4-2)10-19-12-6-5-7-13-14(12)25-17-18-8-9-20(13)17/h5-7,10-11H,3-4,8-9H2,1-2H3. The van der Waals surface area contributed by atoms with E-state index in [1.54, 1.807) is 25.6 Å². The van der Waals surface area contributed by atoms with Crippen LogP contribution in [0.25, 0.3) is 0 Å². The molecule has 1 aromatic carbocycles. The van der Waals surface area contributed by atoms with Gasteiger partial charge >= 0.3 is 11.9 Å². The Hall–Kier alpha value is -2.35. The maximum Gasteiger partial charge on any atom is 0.325 e. The van der Waals surface area contributed by atoms with Crippen molar-refractivity contribution in [2.24, 2.45) is 15.9 Å². The third-order valence-corrected chi connectivity index (χ3v) is 4.86. The van der Waals surface area contributed by atoms with Gasteiger partial charge in [-0.15, -0.1) is 0 Å². The van der Waals surface area contributed by atoms with Crippen LogP contribution in [0, 0.1) is 5.92 Å². The van der Waals surface area contributed by atoms with Crippen LogP contribution in [0.2, 0.25) is 0 Å². The molecule has 0 atom stereocenters. The Morgan fingerprint density at radius 1 is 1.32 bits per heavy atom. The van der Waals surface area contributed by atoms with Crippen LogP contribution >= 0.6 is 11.8 Å². The van der Waals surface area contributed by atoms with Gasteiger partial charge in [-0.05, 0) is 37.7 Å². The Labute approximate surface area is 150 Å². The molecule has 3 rings (SSSR count). The number of hydrogen-bond donors (Lipinski definition) is 0. The molecular weight excluding hydrogens is 342 g/mol. The van der Waals surface area contributed by atoms with E-state index in [4.69, 9.17) is 9.47 Å². The molecule has 0 unspecified atom stereocenters. The molecule has 0 saturated heterocycles. The first-order valence-corrected chi connectivity index (χ1v) is 8.97. The SMILES string of the molecule is CCOC(=O)C(C=Nc1cccc2c1SC1=NCCN12)C(=O)OCC. The third kappa shape index (κ3) is 3.53. The number of anilines is 1. The maximum atomic E-state index is 12.0. The zero-order chi connectivity index (χ0) is 17.8. The summed E-state index contributed by atoms with van der Waals surface area (Å²) in [6.07, 6.45) is 1.30. The van der Waals surface area contributed by atoms with Gasteiger partial charge in [0.25, 0.3) is 0 Å². The summed E-state index contributed by atoms with van der Waals surface area (Å²) in [6.45, 7) is 5.40. The second-order valence-electron chi connectivity index (χ2n) is 5.30. The molecular formula is C17H19N3O4S. The van der Waals surface area contributed by atoms with E-state index in [9.17, 15) is 9.59 Å². The number of ether oxygens (including phenoxy) is 2. The first kappa shape index (κ1) is 17.5. The molecule has 2 heterocycles. The van der Waals surface area contributed by atoms with E-state index < -0.39 is 17.9 Å². The molecule has 0 saturated carbocycles. The molecule has 7 nitrogen and oxygen atoms in total. The fraction of sp³-hybridized carbons (Fsp3) is 0.412. The molecule has 0 spiro atoms. The zero-order valence-electron chi connectivity index (χ0n) is 14.1. The van der Waals surface area contributed by atoms with E-state index in [0.29, 0.717) is 5.69 Å². The molecule has 0 aromatic heterocycles. The molecule has 0 N–H and O–H groups in total. The molecule has 0 fully saturated rings. The van der Waals surface area contributed by atoms with Crippen molar-refractivity contribution in [1.82, 2.24) is 0 Å². The maximum absolute atomic E-state index is 12.0. The topological polar surface area (TPSA) is 80.6 Å². The smallest absolute Gasteiger partial charge is 0.325 e. The normalized spacial score (nSPS) is 15.3. The van der Waals surface area contributed by atoms with Crippen molar-refractivity contribution in [1.29, 1.82) is 0 Å². The number of amidine groups is 1. The van der Waals surface area contributed by atoms with Gasteiger partial charge in [-0.1, -0.05) is 6.07 Å². The van der Waals surface area contributed by atoms with E-state index in [-0.39, 0.29) is 13.2 Å². The molecule has 25 heavy (non-hydrogen) atoms. The minimum atomic E-state index is -1.17. The van der Waals surface area contributed by atoms with Crippen LogP contribution in [0.15, 0.2) is 33.1 Å². The second kappa shape index (κ2) is 7.69. The van der Waals surface area contributed by atoms with Crippen LogP contribution in [-0.2, 0) is 19.1 Å². The van der Waals surface area contributed by atoms with Gasteiger partial charge in [0.15, 0.2) is 11.1 Å². The second-order valence-corrected chi connectivity index (χ2v) is 6.28. The van der Waals surface area contributed by atoms with E-state index >= 15 is 0 Å². The zero-order valence-corrected chi connectivity index (χ0v) is 14.9. The largest absolute Gasteiger partial charge is 0.465 e. The molecule has 1 aromatic rings. The number of esters is 2. The van der Waals surface area contributed by atoms with Crippen molar-refractivity contribution in [3.63, 3.8) is 0 Å². The van der Waals surface area contributed by atoms with E-state index in [0.717, 1.165) is 28.8 Å². The highest BCUT2D eigenvalue weighted by Crippen LogP contribution is 2.46. The lowest BCUT2D eigenvalue weighted by atomic mass is 10.1. The number of aliphatic imine (C=N–C) groups is 2.